The minimum Gasteiger partial charge on any atom is -0.320 e. The molecule has 2 aromatic carbocycles. The lowest BCUT2D eigenvalue weighted by atomic mass is 9.75. The number of halogens is 2. The van der Waals surface area contributed by atoms with Crippen LogP contribution in [0.2, 0.25) is 0 Å². The molecule has 0 saturated carbocycles. The molecule has 1 atom stereocenters. The molecule has 4 rings (SSSR count). The van der Waals surface area contributed by atoms with E-state index in [1.54, 1.807) is 11.1 Å². The first-order chi connectivity index (χ1) is 22.2. The third-order valence-corrected chi connectivity index (χ3v) is 9.50. The Morgan fingerprint density at radius 3 is 2.38 bits per heavy atom. The number of nitrogens with zero attached hydrogens (tertiary/aromatic N) is 2. The summed E-state index contributed by atoms with van der Waals surface area (Å²) in [5, 5.41) is 1.57. The summed E-state index contributed by atoms with van der Waals surface area (Å²) in [7, 11) is 0. The number of nitrogens with one attached hydrogen (secondary N) is 1. The number of aromatic nitrogens is 1. The number of carbonyl (C=O) groups is 1. The second-order valence-electron chi connectivity index (χ2n) is 14.5. The van der Waals surface area contributed by atoms with Crippen molar-refractivity contribution in [3.8, 4) is 11.1 Å². The smallest absolute Gasteiger partial charge is 0.263 e. The van der Waals surface area contributed by atoms with E-state index in [1.165, 1.54) is 22.8 Å². The fourth-order valence-electron chi connectivity index (χ4n) is 6.54. The van der Waals surface area contributed by atoms with Gasteiger partial charge in [0.15, 0.2) is 0 Å². The van der Waals surface area contributed by atoms with Gasteiger partial charge in [0.05, 0.1) is 11.7 Å². The van der Waals surface area contributed by atoms with Gasteiger partial charge in [-0.1, -0.05) is 85.2 Å². The van der Waals surface area contributed by atoms with E-state index >= 15 is 0 Å². The third kappa shape index (κ3) is 8.94. The number of alkyl halides is 2. The van der Waals surface area contributed by atoms with Gasteiger partial charge in [0.2, 0.25) is 0 Å². The molecule has 1 aromatic heterocycles. The second-order valence-corrected chi connectivity index (χ2v) is 14.5. The van der Waals surface area contributed by atoms with E-state index in [-0.39, 0.29) is 35.1 Å². The molecule has 47 heavy (non-hydrogen) atoms. The molecule has 0 spiro atoms. The highest BCUT2D eigenvalue weighted by Gasteiger charge is 2.27. The van der Waals surface area contributed by atoms with Crippen molar-refractivity contribution in [2.75, 3.05) is 13.1 Å². The molecule has 1 aliphatic heterocycles. The second kappa shape index (κ2) is 15.7. The van der Waals surface area contributed by atoms with Crippen LogP contribution < -0.4 is 11.2 Å². The number of pyridine rings is 1. The zero-order valence-electron chi connectivity index (χ0n) is 29.6. The first-order valence-electron chi connectivity index (χ1n) is 17.2. The summed E-state index contributed by atoms with van der Waals surface area (Å²) >= 11 is 0. The number of hydrazine groups is 1. The number of aryl methyl sites for hydroxylation is 1. The van der Waals surface area contributed by atoms with Crippen molar-refractivity contribution in [2.45, 2.75) is 106 Å². The molecule has 1 unspecified atom stereocenters. The van der Waals surface area contributed by atoms with E-state index in [0.717, 1.165) is 54.6 Å². The first-order valence-corrected chi connectivity index (χ1v) is 17.2. The number of nitrogens with two attached hydrogens (primary N) is 1. The summed E-state index contributed by atoms with van der Waals surface area (Å²) in [5.41, 5.74) is 18.7. The van der Waals surface area contributed by atoms with Gasteiger partial charge in [0.1, 0.15) is 0 Å². The molecule has 5 nitrogen and oxygen atoms in total. The van der Waals surface area contributed by atoms with Crippen LogP contribution in [-0.2, 0) is 11.2 Å². The standard InChI is InChI=1S/C40H54F2N4O/c1-9-40(7,8)24-34(36(25(2)3)32-13-12-16-44-37(32)26(4)5)33-23-29(15-14-27(33)6)30-19-28(20-31(22-30)38(41)42)21-35(43)39(47)46-18-11-10-17-45-46/h12-16,19-20,22-23,25-26,35,38,45H,9-11,17-18,21,24,43H2,1-8H3/b36-34+. The summed E-state index contributed by atoms with van der Waals surface area (Å²) in [6.07, 6.45) is 3.18. The van der Waals surface area contributed by atoms with Crippen LogP contribution in [-0.4, -0.2) is 35.0 Å². The topological polar surface area (TPSA) is 71.2 Å². The van der Waals surface area contributed by atoms with Crippen LogP contribution in [0.5, 0.6) is 0 Å². The minimum absolute atomic E-state index is 0.0345. The lowest BCUT2D eigenvalue weighted by molar-refractivity contribution is -0.136. The molecule has 0 aliphatic carbocycles. The highest BCUT2D eigenvalue weighted by molar-refractivity contribution is 5.94. The summed E-state index contributed by atoms with van der Waals surface area (Å²) in [6.45, 7) is 19.1. The van der Waals surface area contributed by atoms with Crippen LogP contribution >= 0.6 is 0 Å². The Morgan fingerprint density at radius 2 is 1.77 bits per heavy atom. The van der Waals surface area contributed by atoms with Gasteiger partial charge in [-0.3, -0.25) is 14.8 Å². The zero-order valence-corrected chi connectivity index (χ0v) is 29.6. The Labute approximate surface area is 281 Å². The van der Waals surface area contributed by atoms with Gasteiger partial charge in [-0.15, -0.1) is 0 Å². The van der Waals surface area contributed by atoms with Crippen LogP contribution in [0.25, 0.3) is 22.3 Å². The van der Waals surface area contributed by atoms with Crippen molar-refractivity contribution in [1.29, 1.82) is 0 Å². The molecule has 3 aromatic rings. The molecule has 254 valence electrons. The summed E-state index contributed by atoms with van der Waals surface area (Å²) < 4.78 is 28.6. The molecule has 2 heterocycles. The Kier molecular flexibility index (Phi) is 12.1. The van der Waals surface area contributed by atoms with Crippen LogP contribution in [0.15, 0.2) is 54.7 Å². The molecule has 3 N–H and O–H groups in total. The van der Waals surface area contributed by atoms with Gasteiger partial charge in [-0.05, 0) is 113 Å². The van der Waals surface area contributed by atoms with Gasteiger partial charge >= 0.3 is 0 Å². The third-order valence-electron chi connectivity index (χ3n) is 9.50. The molecular weight excluding hydrogens is 590 g/mol. The van der Waals surface area contributed by atoms with E-state index < -0.39 is 12.5 Å². The first kappa shape index (κ1) is 36.4. The summed E-state index contributed by atoms with van der Waals surface area (Å²) in [6, 6.07) is 14.6. The lowest BCUT2D eigenvalue weighted by Gasteiger charge is -2.30. The number of carbonyl (C=O) groups excluding carboxylic acids is 1. The fraction of sp³-hybridized carbons (Fsp3) is 0.500. The summed E-state index contributed by atoms with van der Waals surface area (Å²) in [5.74, 6) is 0.272. The minimum atomic E-state index is -2.65. The summed E-state index contributed by atoms with van der Waals surface area (Å²) in [4.78, 5) is 17.9. The maximum atomic E-state index is 14.3. The van der Waals surface area contributed by atoms with Crippen molar-refractivity contribution >= 4 is 17.1 Å². The van der Waals surface area contributed by atoms with Crippen LogP contribution in [0.4, 0.5) is 8.78 Å². The predicted molar refractivity (Wildman–Crippen MR) is 191 cm³/mol. The van der Waals surface area contributed by atoms with E-state index in [2.05, 4.69) is 79.0 Å². The average Bonchev–Trinajstić information content (AvgIpc) is 3.04. The Hall–Kier alpha value is -3.42. The molecule has 0 bridgehead atoms. The van der Waals surface area contributed by atoms with Gasteiger partial charge in [0, 0.05) is 24.8 Å². The van der Waals surface area contributed by atoms with Crippen LogP contribution in [0.1, 0.15) is 120 Å². The Morgan fingerprint density at radius 1 is 1.02 bits per heavy atom. The normalized spacial score (nSPS) is 15.4. The Bertz CT molecular complexity index is 1570. The lowest BCUT2D eigenvalue weighted by Crippen LogP contribution is -2.53. The van der Waals surface area contributed by atoms with E-state index in [4.69, 9.17) is 10.7 Å². The van der Waals surface area contributed by atoms with Gasteiger partial charge < -0.3 is 5.73 Å². The van der Waals surface area contributed by atoms with Crippen molar-refractivity contribution in [1.82, 2.24) is 15.4 Å². The Balaban J connectivity index is 1.87. The van der Waals surface area contributed by atoms with E-state index in [0.29, 0.717) is 17.7 Å². The molecule has 1 aliphatic rings. The fourth-order valence-corrected chi connectivity index (χ4v) is 6.54. The van der Waals surface area contributed by atoms with Crippen molar-refractivity contribution in [3.05, 3.63) is 88.2 Å². The molecule has 1 saturated heterocycles. The maximum Gasteiger partial charge on any atom is 0.263 e. The van der Waals surface area contributed by atoms with Crippen molar-refractivity contribution in [3.63, 3.8) is 0 Å². The zero-order chi connectivity index (χ0) is 34.5. The van der Waals surface area contributed by atoms with Gasteiger partial charge in [-0.2, -0.15) is 0 Å². The number of hydrogen-bond donors (Lipinski definition) is 2. The molecule has 0 radical (unpaired) electrons. The van der Waals surface area contributed by atoms with Crippen molar-refractivity contribution < 1.29 is 13.6 Å². The van der Waals surface area contributed by atoms with Crippen LogP contribution in [0.3, 0.4) is 0 Å². The monoisotopic (exact) mass is 644 g/mol. The van der Waals surface area contributed by atoms with E-state index in [1.807, 2.05) is 24.4 Å². The molecule has 1 amide bonds. The maximum absolute atomic E-state index is 14.3. The largest absolute Gasteiger partial charge is 0.320 e. The average molecular weight is 645 g/mol. The molecule has 7 heteroatoms. The SMILES string of the molecule is CCC(C)(C)C/C(=C(\c1cccnc1C(C)C)C(C)C)c1cc(-c2cc(CC(N)C(=O)N3CCCCN3)cc(C(F)F)c2)ccc1C. The number of hydrogen-bond acceptors (Lipinski definition) is 4. The molecule has 1 fully saturated rings. The van der Waals surface area contributed by atoms with Crippen molar-refractivity contribution in [2.24, 2.45) is 17.1 Å². The van der Waals surface area contributed by atoms with E-state index in [9.17, 15) is 13.6 Å². The molecular formula is C40H54F2N4O. The number of rotatable bonds is 12. The number of amides is 1. The van der Waals surface area contributed by atoms with Gasteiger partial charge in [-0.25, -0.2) is 14.2 Å². The predicted octanol–water partition coefficient (Wildman–Crippen LogP) is 9.51. The quantitative estimate of drug-likeness (QED) is 0.206. The van der Waals surface area contributed by atoms with Gasteiger partial charge in [0.25, 0.3) is 12.3 Å². The number of allylic oxidation sites excluding steroid dienone is 2. The highest BCUT2D eigenvalue weighted by Crippen LogP contribution is 2.44. The highest BCUT2D eigenvalue weighted by atomic mass is 19.3. The van der Waals surface area contributed by atoms with Crippen LogP contribution in [0, 0.1) is 18.3 Å². The number of benzene rings is 2.